The van der Waals surface area contributed by atoms with Crippen LogP contribution in [0, 0.1) is 6.92 Å². The zero-order valence-electron chi connectivity index (χ0n) is 14.1. The molecule has 0 saturated carbocycles. The van der Waals surface area contributed by atoms with Crippen LogP contribution in [-0.2, 0) is 11.2 Å². The fraction of sp³-hybridized carbons (Fsp3) is 0.444. The van der Waals surface area contributed by atoms with E-state index in [1.165, 1.54) is 4.88 Å². The molecule has 0 fully saturated rings. The zero-order valence-corrected chi connectivity index (χ0v) is 16.4. The number of aliphatic imine (C=N–C) groups is 1. The summed E-state index contributed by atoms with van der Waals surface area (Å²) in [5.74, 6) is 1.12. The second kappa shape index (κ2) is 8.88. The van der Waals surface area contributed by atoms with Crippen molar-refractivity contribution in [3.05, 3.63) is 44.4 Å². The normalized spacial score (nSPS) is 13.6. The van der Waals surface area contributed by atoms with Gasteiger partial charge in [0.05, 0.1) is 28.9 Å². The number of halogens is 2. The molecule has 0 amide bonds. The van der Waals surface area contributed by atoms with Gasteiger partial charge in [0.1, 0.15) is 6.61 Å². The van der Waals surface area contributed by atoms with E-state index in [0.717, 1.165) is 36.9 Å². The third-order valence-corrected chi connectivity index (χ3v) is 5.32. The Balaban J connectivity index is 1.45. The van der Waals surface area contributed by atoms with Crippen LogP contribution in [0.1, 0.15) is 35.4 Å². The molecule has 25 heavy (non-hydrogen) atoms. The Labute approximate surface area is 161 Å². The van der Waals surface area contributed by atoms with Gasteiger partial charge in [-0.3, -0.25) is 0 Å². The summed E-state index contributed by atoms with van der Waals surface area (Å²) in [5.41, 5.74) is 1.89. The third kappa shape index (κ3) is 5.09. The van der Waals surface area contributed by atoms with Crippen molar-refractivity contribution in [2.75, 3.05) is 19.8 Å². The predicted molar refractivity (Wildman–Crippen MR) is 104 cm³/mol. The molecule has 0 saturated heterocycles. The smallest absolute Gasteiger partial charge is 0.216 e. The van der Waals surface area contributed by atoms with E-state index in [2.05, 4.69) is 15.4 Å². The Morgan fingerprint density at radius 1 is 1.16 bits per heavy atom. The molecule has 4 nitrogen and oxygen atoms in total. The summed E-state index contributed by atoms with van der Waals surface area (Å²) >= 11 is 14.2. The molecule has 1 aliphatic heterocycles. The minimum absolute atomic E-state index is 0.487. The van der Waals surface area contributed by atoms with Gasteiger partial charge in [0.15, 0.2) is 5.75 Å². The average molecular weight is 399 g/mol. The van der Waals surface area contributed by atoms with Crippen molar-refractivity contribution in [3.8, 4) is 5.75 Å². The van der Waals surface area contributed by atoms with Crippen LogP contribution in [0.2, 0.25) is 10.0 Å². The lowest BCUT2D eigenvalue weighted by Gasteiger charge is -2.12. The highest BCUT2D eigenvalue weighted by molar-refractivity contribution is 7.05. The van der Waals surface area contributed by atoms with E-state index in [0.29, 0.717) is 41.5 Å². The van der Waals surface area contributed by atoms with E-state index >= 15 is 0 Å². The van der Waals surface area contributed by atoms with Gasteiger partial charge >= 0.3 is 0 Å². The van der Waals surface area contributed by atoms with E-state index in [-0.39, 0.29) is 0 Å². The van der Waals surface area contributed by atoms with Gasteiger partial charge < -0.3 is 9.47 Å². The number of rotatable bonds is 8. The Morgan fingerprint density at radius 3 is 2.60 bits per heavy atom. The molecule has 0 atom stereocenters. The highest BCUT2D eigenvalue weighted by Crippen LogP contribution is 2.35. The molecule has 0 bridgehead atoms. The Kier molecular flexibility index (Phi) is 6.57. The number of unbranched alkanes of at least 4 members (excludes halogenated alkanes) is 2. The maximum absolute atomic E-state index is 6.31. The first kappa shape index (κ1) is 18.5. The number of ether oxygens (including phenoxy) is 2. The molecular weight excluding hydrogens is 379 g/mol. The molecule has 1 aromatic carbocycles. The van der Waals surface area contributed by atoms with E-state index in [1.54, 1.807) is 23.7 Å². The molecule has 7 heteroatoms. The average Bonchev–Trinajstić information content (AvgIpc) is 3.24. The van der Waals surface area contributed by atoms with Crippen LogP contribution in [0.3, 0.4) is 0 Å². The number of nitrogens with zero attached hydrogens (tertiary/aromatic N) is 2. The van der Waals surface area contributed by atoms with Crippen LogP contribution in [0.4, 0.5) is 0 Å². The summed E-state index contributed by atoms with van der Waals surface area (Å²) in [7, 11) is 0. The molecule has 2 heterocycles. The molecular formula is C18H20Cl2N2O2S. The monoisotopic (exact) mass is 398 g/mol. The van der Waals surface area contributed by atoms with Crippen molar-refractivity contribution < 1.29 is 9.47 Å². The highest BCUT2D eigenvalue weighted by Gasteiger charge is 2.16. The molecule has 0 radical (unpaired) electrons. The number of benzene rings is 1. The largest absolute Gasteiger partial charge is 0.490 e. The molecule has 1 aromatic heterocycles. The van der Waals surface area contributed by atoms with E-state index in [1.807, 2.05) is 6.92 Å². The number of aromatic nitrogens is 1. The fourth-order valence-electron chi connectivity index (χ4n) is 2.62. The summed E-state index contributed by atoms with van der Waals surface area (Å²) in [6, 6.07) is 5.73. The molecule has 0 aliphatic carbocycles. The second-order valence-corrected chi connectivity index (χ2v) is 7.60. The van der Waals surface area contributed by atoms with Gasteiger partial charge in [-0.1, -0.05) is 23.2 Å². The van der Waals surface area contributed by atoms with Gasteiger partial charge in [0, 0.05) is 10.4 Å². The van der Waals surface area contributed by atoms with Crippen molar-refractivity contribution >= 4 is 40.6 Å². The third-order valence-electron chi connectivity index (χ3n) is 3.82. The fourth-order valence-corrected chi connectivity index (χ4v) is 3.99. The van der Waals surface area contributed by atoms with Crippen molar-refractivity contribution in [1.82, 2.24) is 4.37 Å². The van der Waals surface area contributed by atoms with Gasteiger partial charge in [-0.25, -0.2) is 4.99 Å². The minimum atomic E-state index is 0.487. The standard InChI is InChI=1S/C18H20Cl2N2O2S/c1-12-9-14(25-22-12)5-3-2-4-7-23-17-15(19)10-13(11-16(17)20)18-21-6-8-24-18/h9-11H,2-8H2,1H3. The van der Waals surface area contributed by atoms with Gasteiger partial charge in [0.25, 0.3) is 0 Å². The van der Waals surface area contributed by atoms with Crippen LogP contribution < -0.4 is 4.74 Å². The maximum atomic E-state index is 6.31. The summed E-state index contributed by atoms with van der Waals surface area (Å²) in [6.45, 7) is 3.89. The van der Waals surface area contributed by atoms with Crippen LogP contribution >= 0.6 is 34.7 Å². The summed E-state index contributed by atoms with van der Waals surface area (Å²) in [5, 5.41) is 0.974. The lowest BCUT2D eigenvalue weighted by Crippen LogP contribution is -2.03. The lowest BCUT2D eigenvalue weighted by atomic mass is 10.2. The van der Waals surface area contributed by atoms with Crippen molar-refractivity contribution in [1.29, 1.82) is 0 Å². The van der Waals surface area contributed by atoms with Gasteiger partial charge in [0.2, 0.25) is 5.90 Å². The first-order valence-electron chi connectivity index (χ1n) is 8.35. The Morgan fingerprint density at radius 2 is 1.96 bits per heavy atom. The first-order chi connectivity index (χ1) is 12.1. The minimum Gasteiger partial charge on any atom is -0.490 e. The zero-order chi connectivity index (χ0) is 17.6. The summed E-state index contributed by atoms with van der Waals surface area (Å²) < 4.78 is 15.5. The number of hydrogen-bond acceptors (Lipinski definition) is 5. The van der Waals surface area contributed by atoms with E-state index < -0.39 is 0 Å². The summed E-state index contributed by atoms with van der Waals surface area (Å²) in [4.78, 5) is 5.62. The van der Waals surface area contributed by atoms with Gasteiger partial charge in [-0.05, 0) is 62.3 Å². The Hall–Kier alpha value is -1.30. The molecule has 2 aromatic rings. The van der Waals surface area contributed by atoms with Gasteiger partial charge in [-0.2, -0.15) is 4.37 Å². The lowest BCUT2D eigenvalue weighted by molar-refractivity contribution is 0.305. The molecule has 0 unspecified atom stereocenters. The van der Waals surface area contributed by atoms with E-state index in [9.17, 15) is 0 Å². The van der Waals surface area contributed by atoms with E-state index in [4.69, 9.17) is 32.7 Å². The van der Waals surface area contributed by atoms with Crippen molar-refractivity contribution in [3.63, 3.8) is 0 Å². The molecule has 1 aliphatic rings. The van der Waals surface area contributed by atoms with Crippen molar-refractivity contribution in [2.24, 2.45) is 4.99 Å². The van der Waals surface area contributed by atoms with Crippen LogP contribution in [0.15, 0.2) is 23.2 Å². The van der Waals surface area contributed by atoms with Crippen LogP contribution in [-0.4, -0.2) is 30.0 Å². The highest BCUT2D eigenvalue weighted by atomic mass is 35.5. The number of aryl methyl sites for hydroxylation is 2. The van der Waals surface area contributed by atoms with Crippen molar-refractivity contribution in [2.45, 2.75) is 32.6 Å². The Bertz CT molecular complexity index is 738. The second-order valence-electron chi connectivity index (χ2n) is 5.90. The van der Waals surface area contributed by atoms with Crippen LogP contribution in [0.25, 0.3) is 0 Å². The first-order valence-corrected chi connectivity index (χ1v) is 9.88. The number of hydrogen-bond donors (Lipinski definition) is 0. The maximum Gasteiger partial charge on any atom is 0.216 e. The molecule has 0 spiro atoms. The van der Waals surface area contributed by atoms with Gasteiger partial charge in [-0.15, -0.1) is 0 Å². The quantitative estimate of drug-likeness (QED) is 0.564. The SMILES string of the molecule is Cc1cc(CCCCCOc2c(Cl)cc(C3=NCCO3)cc2Cl)sn1. The summed E-state index contributed by atoms with van der Waals surface area (Å²) in [6.07, 6.45) is 4.25. The molecule has 0 N–H and O–H groups in total. The molecule has 3 rings (SSSR count). The van der Waals surface area contributed by atoms with Crippen LogP contribution in [0.5, 0.6) is 5.75 Å². The predicted octanol–water partition coefficient (Wildman–Crippen LogP) is 5.33. The molecule has 134 valence electrons. The topological polar surface area (TPSA) is 43.7 Å².